The van der Waals surface area contributed by atoms with E-state index in [4.69, 9.17) is 23.2 Å². The highest BCUT2D eigenvalue weighted by atomic mass is 35.5. The lowest BCUT2D eigenvalue weighted by Crippen LogP contribution is -2.28. The second kappa shape index (κ2) is 10.2. The molecule has 5 nitrogen and oxygen atoms in total. The highest BCUT2D eigenvalue weighted by molar-refractivity contribution is 7.98. The first-order valence-corrected chi connectivity index (χ1v) is 11.1. The van der Waals surface area contributed by atoms with Crippen molar-refractivity contribution in [1.82, 2.24) is 20.1 Å². The summed E-state index contributed by atoms with van der Waals surface area (Å²) in [5.41, 5.74) is 2.75. The van der Waals surface area contributed by atoms with Crippen LogP contribution in [0.4, 0.5) is 0 Å². The summed E-state index contributed by atoms with van der Waals surface area (Å²) in [5, 5.41) is 13.4. The van der Waals surface area contributed by atoms with E-state index >= 15 is 0 Å². The van der Waals surface area contributed by atoms with Gasteiger partial charge in [-0.25, -0.2) is 0 Å². The van der Waals surface area contributed by atoms with Gasteiger partial charge >= 0.3 is 0 Å². The number of allylic oxidation sites excluding steroid dienone is 1. The van der Waals surface area contributed by atoms with E-state index in [9.17, 15) is 4.79 Å². The van der Waals surface area contributed by atoms with Crippen LogP contribution in [0.3, 0.4) is 0 Å². The molecule has 8 heteroatoms. The van der Waals surface area contributed by atoms with Crippen molar-refractivity contribution >= 4 is 40.9 Å². The maximum absolute atomic E-state index is 12.6. The van der Waals surface area contributed by atoms with Crippen LogP contribution in [0.15, 0.2) is 60.3 Å². The molecule has 2 aromatic carbocycles. The summed E-state index contributed by atoms with van der Waals surface area (Å²) in [4.78, 5) is 12.6. The Morgan fingerprint density at radius 3 is 2.60 bits per heavy atom. The van der Waals surface area contributed by atoms with Gasteiger partial charge in [0.1, 0.15) is 0 Å². The van der Waals surface area contributed by atoms with Crippen molar-refractivity contribution in [2.45, 2.75) is 37.3 Å². The molecule has 0 aliphatic heterocycles. The molecule has 0 aliphatic carbocycles. The van der Waals surface area contributed by atoms with Gasteiger partial charge in [0, 0.05) is 17.9 Å². The summed E-state index contributed by atoms with van der Waals surface area (Å²) < 4.78 is 1.95. The normalized spacial score (nSPS) is 11.9. The Labute approximate surface area is 190 Å². The third kappa shape index (κ3) is 5.45. The number of carbonyl (C=O) groups is 1. The van der Waals surface area contributed by atoms with Crippen molar-refractivity contribution in [2.24, 2.45) is 0 Å². The molecular weight excluding hydrogens is 439 g/mol. The Bertz CT molecular complexity index is 1050. The van der Waals surface area contributed by atoms with E-state index in [0.29, 0.717) is 33.7 Å². The minimum atomic E-state index is -0.314. The molecule has 0 aliphatic rings. The largest absolute Gasteiger partial charge is 0.342 e. The lowest BCUT2D eigenvalue weighted by molar-refractivity contribution is 0.0937. The Morgan fingerprint density at radius 1 is 1.20 bits per heavy atom. The SMILES string of the molecule is C=CCn1c(SCc2ccc(Cl)c(Cl)c2)nnc1[C@@H](C)NC(=O)c1ccc(C)cc1. The third-order valence-electron chi connectivity index (χ3n) is 4.46. The minimum Gasteiger partial charge on any atom is -0.342 e. The molecule has 3 rings (SSSR count). The summed E-state index contributed by atoms with van der Waals surface area (Å²) in [7, 11) is 0. The molecule has 1 heterocycles. The fourth-order valence-electron chi connectivity index (χ4n) is 2.85. The fourth-order valence-corrected chi connectivity index (χ4v) is 4.07. The summed E-state index contributed by atoms with van der Waals surface area (Å²) in [5.74, 6) is 1.18. The Hall–Kier alpha value is -2.28. The van der Waals surface area contributed by atoms with E-state index in [1.165, 1.54) is 11.8 Å². The van der Waals surface area contributed by atoms with Crippen molar-refractivity contribution in [3.63, 3.8) is 0 Å². The molecular formula is C22H22Cl2N4OS. The predicted octanol–water partition coefficient (Wildman–Crippen LogP) is 5.86. The number of hydrogen-bond donors (Lipinski definition) is 1. The second-order valence-corrected chi connectivity index (χ2v) is 8.60. The van der Waals surface area contributed by atoms with E-state index in [1.54, 1.807) is 12.1 Å². The number of carbonyl (C=O) groups excluding carboxylic acids is 1. The first kappa shape index (κ1) is 22.4. The second-order valence-electron chi connectivity index (χ2n) is 6.84. The zero-order valence-corrected chi connectivity index (χ0v) is 19.1. The van der Waals surface area contributed by atoms with Gasteiger partial charge < -0.3 is 9.88 Å². The first-order valence-electron chi connectivity index (χ1n) is 9.37. The number of nitrogens with zero attached hydrogens (tertiary/aromatic N) is 3. The van der Waals surface area contributed by atoms with Gasteiger partial charge in [-0.1, -0.05) is 64.8 Å². The Morgan fingerprint density at radius 2 is 1.93 bits per heavy atom. The summed E-state index contributed by atoms with van der Waals surface area (Å²) in [6.07, 6.45) is 1.78. The van der Waals surface area contributed by atoms with Crippen LogP contribution in [0.1, 0.15) is 40.3 Å². The molecule has 0 bridgehead atoms. The van der Waals surface area contributed by atoms with Gasteiger partial charge in [0.25, 0.3) is 5.91 Å². The van der Waals surface area contributed by atoms with Crippen LogP contribution in [-0.4, -0.2) is 20.7 Å². The van der Waals surface area contributed by atoms with Crippen molar-refractivity contribution in [3.8, 4) is 0 Å². The highest BCUT2D eigenvalue weighted by Crippen LogP contribution is 2.28. The molecule has 0 spiro atoms. The average molecular weight is 461 g/mol. The van der Waals surface area contributed by atoms with Crippen LogP contribution in [0.2, 0.25) is 10.0 Å². The number of amides is 1. The van der Waals surface area contributed by atoms with Crippen LogP contribution < -0.4 is 5.32 Å². The minimum absolute atomic E-state index is 0.152. The Balaban J connectivity index is 1.73. The summed E-state index contributed by atoms with van der Waals surface area (Å²) in [6, 6.07) is 12.7. The molecule has 1 amide bonds. The molecule has 0 saturated carbocycles. The van der Waals surface area contributed by atoms with Gasteiger partial charge in [-0.05, 0) is 43.7 Å². The smallest absolute Gasteiger partial charge is 0.251 e. The number of benzene rings is 2. The molecule has 0 radical (unpaired) electrons. The third-order valence-corrected chi connectivity index (χ3v) is 6.23. The summed E-state index contributed by atoms with van der Waals surface area (Å²) in [6.45, 7) is 8.24. The zero-order valence-electron chi connectivity index (χ0n) is 16.7. The van der Waals surface area contributed by atoms with Crippen LogP contribution in [0.25, 0.3) is 0 Å². The number of aromatic nitrogens is 3. The van der Waals surface area contributed by atoms with Crippen LogP contribution >= 0.6 is 35.0 Å². The van der Waals surface area contributed by atoms with E-state index in [2.05, 4.69) is 22.1 Å². The van der Waals surface area contributed by atoms with Crippen molar-refractivity contribution in [2.75, 3.05) is 0 Å². The molecule has 1 aromatic heterocycles. The molecule has 0 fully saturated rings. The van der Waals surface area contributed by atoms with Gasteiger partial charge in [0.15, 0.2) is 11.0 Å². The Kier molecular flexibility index (Phi) is 7.58. The lowest BCUT2D eigenvalue weighted by Gasteiger charge is -2.15. The predicted molar refractivity (Wildman–Crippen MR) is 123 cm³/mol. The van der Waals surface area contributed by atoms with Crippen LogP contribution in [-0.2, 0) is 12.3 Å². The number of rotatable bonds is 8. The quantitative estimate of drug-likeness (QED) is 0.337. The van der Waals surface area contributed by atoms with Gasteiger partial charge in [-0.2, -0.15) is 0 Å². The maximum Gasteiger partial charge on any atom is 0.251 e. The van der Waals surface area contributed by atoms with Crippen molar-refractivity contribution in [1.29, 1.82) is 0 Å². The molecule has 1 N–H and O–H groups in total. The van der Waals surface area contributed by atoms with E-state index < -0.39 is 0 Å². The van der Waals surface area contributed by atoms with Gasteiger partial charge in [-0.15, -0.1) is 16.8 Å². The molecule has 0 saturated heterocycles. The number of halogens is 2. The van der Waals surface area contributed by atoms with Gasteiger partial charge in [0.2, 0.25) is 0 Å². The molecule has 0 unspecified atom stereocenters. The number of aryl methyl sites for hydroxylation is 1. The maximum atomic E-state index is 12.6. The van der Waals surface area contributed by atoms with Crippen LogP contribution in [0.5, 0.6) is 0 Å². The number of nitrogens with one attached hydrogen (secondary N) is 1. The number of thioether (sulfide) groups is 1. The van der Waals surface area contributed by atoms with E-state index in [0.717, 1.165) is 16.3 Å². The van der Waals surface area contributed by atoms with Gasteiger partial charge in [-0.3, -0.25) is 4.79 Å². The van der Waals surface area contributed by atoms with Crippen molar-refractivity contribution < 1.29 is 4.79 Å². The fraction of sp³-hybridized carbons (Fsp3) is 0.227. The topological polar surface area (TPSA) is 59.8 Å². The zero-order chi connectivity index (χ0) is 21.7. The molecule has 3 aromatic rings. The van der Waals surface area contributed by atoms with Crippen molar-refractivity contribution in [3.05, 3.63) is 87.7 Å². The van der Waals surface area contributed by atoms with Crippen LogP contribution in [0, 0.1) is 6.92 Å². The molecule has 1 atom stereocenters. The molecule has 30 heavy (non-hydrogen) atoms. The number of hydrogen-bond acceptors (Lipinski definition) is 4. The van der Waals surface area contributed by atoms with E-state index in [-0.39, 0.29) is 11.9 Å². The average Bonchev–Trinajstić information content (AvgIpc) is 3.12. The lowest BCUT2D eigenvalue weighted by atomic mass is 10.1. The summed E-state index contributed by atoms with van der Waals surface area (Å²) >= 11 is 13.6. The van der Waals surface area contributed by atoms with E-state index in [1.807, 2.05) is 54.8 Å². The van der Waals surface area contributed by atoms with Gasteiger partial charge in [0.05, 0.1) is 16.1 Å². The first-order chi connectivity index (χ1) is 14.4. The monoisotopic (exact) mass is 460 g/mol. The standard InChI is InChI=1S/C22H22Cl2N4OS/c1-4-11-28-20(15(3)25-21(29)17-8-5-14(2)6-9-17)26-27-22(28)30-13-16-7-10-18(23)19(24)12-16/h4-10,12,15H,1,11,13H2,2-3H3,(H,25,29)/t15-/m1/s1. The highest BCUT2D eigenvalue weighted by Gasteiger charge is 2.20. The molecule has 156 valence electrons.